The van der Waals surface area contributed by atoms with E-state index in [1.807, 2.05) is 16.8 Å². The van der Waals surface area contributed by atoms with Crippen molar-refractivity contribution < 1.29 is 14.6 Å². The number of aliphatic hydroxyl groups is 1. The van der Waals surface area contributed by atoms with Crippen molar-refractivity contribution in [2.24, 2.45) is 0 Å². The lowest BCUT2D eigenvalue weighted by molar-refractivity contribution is 0.0775. The van der Waals surface area contributed by atoms with Crippen LogP contribution in [-0.2, 0) is 17.8 Å². The van der Waals surface area contributed by atoms with Gasteiger partial charge in [-0.1, -0.05) is 13.3 Å². The lowest BCUT2D eigenvalue weighted by Gasteiger charge is -2.23. The molecule has 1 atom stereocenters. The van der Waals surface area contributed by atoms with Gasteiger partial charge in [-0.05, 0) is 37.8 Å². The second-order valence-electron chi connectivity index (χ2n) is 8.85. The van der Waals surface area contributed by atoms with Crippen molar-refractivity contribution in [3.63, 3.8) is 0 Å². The Morgan fingerprint density at radius 2 is 2.06 bits per heavy atom. The fourth-order valence-electron chi connectivity index (χ4n) is 4.44. The zero-order valence-corrected chi connectivity index (χ0v) is 20.5. The molecule has 11 nitrogen and oxygen atoms in total. The number of aliphatic hydroxyl groups excluding tert-OH is 1. The molecule has 1 aliphatic heterocycles. The SMILES string of the molecule is CCC[C@@H](CCO)Nc1nc(N)nc2cnn(Cc3ccc(CNC4CCOCC4)nc3OC)c12. The van der Waals surface area contributed by atoms with Crippen LogP contribution in [0.1, 0.15) is 50.3 Å². The number of anilines is 2. The number of pyridine rings is 1. The number of ether oxygens (including phenoxy) is 2. The summed E-state index contributed by atoms with van der Waals surface area (Å²) in [6.07, 6.45) is 6.23. The number of nitrogen functional groups attached to an aromatic ring is 1. The highest BCUT2D eigenvalue weighted by Gasteiger charge is 2.18. The molecule has 0 unspecified atom stereocenters. The highest BCUT2D eigenvalue weighted by molar-refractivity contribution is 5.86. The number of rotatable bonds is 12. The molecule has 1 saturated heterocycles. The fourth-order valence-corrected chi connectivity index (χ4v) is 4.44. The minimum atomic E-state index is 0.0737. The van der Waals surface area contributed by atoms with Crippen LogP contribution in [0.3, 0.4) is 0 Å². The highest BCUT2D eigenvalue weighted by atomic mass is 16.5. The molecule has 3 aromatic rings. The van der Waals surface area contributed by atoms with Gasteiger partial charge >= 0.3 is 0 Å². The normalized spacial score (nSPS) is 15.4. The van der Waals surface area contributed by atoms with Crippen LogP contribution >= 0.6 is 0 Å². The Hall–Kier alpha value is -3.02. The predicted molar refractivity (Wildman–Crippen MR) is 134 cm³/mol. The summed E-state index contributed by atoms with van der Waals surface area (Å²) in [5.74, 6) is 1.36. The number of fused-ring (bicyclic) bond motifs is 1. The van der Waals surface area contributed by atoms with E-state index in [9.17, 15) is 5.11 Å². The first kappa shape index (κ1) is 25.1. The number of aromatic nitrogens is 5. The maximum atomic E-state index is 9.47. The van der Waals surface area contributed by atoms with Gasteiger partial charge in [0.2, 0.25) is 11.8 Å². The lowest BCUT2D eigenvalue weighted by atomic mass is 10.1. The van der Waals surface area contributed by atoms with Gasteiger partial charge in [-0.25, -0.2) is 9.97 Å². The molecular formula is C24H36N8O3. The zero-order valence-electron chi connectivity index (χ0n) is 20.5. The Morgan fingerprint density at radius 1 is 1.23 bits per heavy atom. The fraction of sp³-hybridized carbons (Fsp3) is 0.583. The maximum absolute atomic E-state index is 9.47. The molecule has 0 spiro atoms. The van der Waals surface area contributed by atoms with Crippen molar-refractivity contribution in [3.8, 4) is 5.88 Å². The van der Waals surface area contributed by atoms with Crippen LogP contribution in [-0.4, -0.2) is 68.9 Å². The van der Waals surface area contributed by atoms with Crippen molar-refractivity contribution in [1.82, 2.24) is 30.0 Å². The van der Waals surface area contributed by atoms with Crippen molar-refractivity contribution in [1.29, 1.82) is 0 Å². The molecule has 4 rings (SSSR count). The van der Waals surface area contributed by atoms with Crippen LogP contribution in [0.4, 0.5) is 11.8 Å². The summed E-state index contributed by atoms with van der Waals surface area (Å²) in [4.78, 5) is 13.5. The molecule has 4 heterocycles. The lowest BCUT2D eigenvalue weighted by Crippen LogP contribution is -2.34. The van der Waals surface area contributed by atoms with Gasteiger partial charge in [0.05, 0.1) is 25.5 Å². The molecule has 0 radical (unpaired) electrons. The third-order valence-electron chi connectivity index (χ3n) is 6.26. The predicted octanol–water partition coefficient (Wildman–Crippen LogP) is 2.09. The third-order valence-corrected chi connectivity index (χ3v) is 6.26. The molecule has 1 aliphatic rings. The molecular weight excluding hydrogens is 448 g/mol. The average molecular weight is 485 g/mol. The zero-order chi connectivity index (χ0) is 24.6. The van der Waals surface area contributed by atoms with Crippen LogP contribution in [0.2, 0.25) is 0 Å². The Labute approximate surface area is 205 Å². The number of hydrogen-bond acceptors (Lipinski definition) is 10. The Balaban J connectivity index is 1.55. The summed E-state index contributed by atoms with van der Waals surface area (Å²) in [6, 6.07) is 4.57. The smallest absolute Gasteiger partial charge is 0.222 e. The van der Waals surface area contributed by atoms with Gasteiger partial charge in [0, 0.05) is 44.0 Å². The summed E-state index contributed by atoms with van der Waals surface area (Å²) in [7, 11) is 1.63. The molecule has 3 aromatic heterocycles. The quantitative estimate of drug-likeness (QED) is 0.301. The van der Waals surface area contributed by atoms with Gasteiger partial charge in [0.1, 0.15) is 11.0 Å². The summed E-state index contributed by atoms with van der Waals surface area (Å²) in [5, 5.41) is 21.0. The Kier molecular flexibility index (Phi) is 8.67. The van der Waals surface area contributed by atoms with Gasteiger partial charge < -0.3 is 30.9 Å². The second-order valence-corrected chi connectivity index (χ2v) is 8.85. The summed E-state index contributed by atoms with van der Waals surface area (Å²) in [5.41, 5.74) is 9.20. The van der Waals surface area contributed by atoms with E-state index in [2.05, 4.69) is 32.6 Å². The van der Waals surface area contributed by atoms with E-state index in [1.165, 1.54) is 0 Å². The molecule has 0 bridgehead atoms. The maximum Gasteiger partial charge on any atom is 0.222 e. The van der Waals surface area contributed by atoms with Gasteiger partial charge in [-0.15, -0.1) is 0 Å². The van der Waals surface area contributed by atoms with E-state index in [-0.39, 0.29) is 18.6 Å². The van der Waals surface area contributed by atoms with E-state index in [0.29, 0.717) is 42.8 Å². The van der Waals surface area contributed by atoms with E-state index < -0.39 is 0 Å². The minimum Gasteiger partial charge on any atom is -0.481 e. The molecule has 0 aliphatic carbocycles. The number of nitrogens with two attached hydrogens (primary N) is 1. The summed E-state index contributed by atoms with van der Waals surface area (Å²) < 4.78 is 12.9. The topological polar surface area (TPSA) is 145 Å². The van der Waals surface area contributed by atoms with E-state index in [1.54, 1.807) is 13.3 Å². The van der Waals surface area contributed by atoms with E-state index >= 15 is 0 Å². The Bertz CT molecular complexity index is 1090. The first-order valence-corrected chi connectivity index (χ1v) is 12.3. The number of methoxy groups -OCH3 is 1. The standard InChI is InChI=1S/C24H36N8O3/c1-3-4-18(7-10-33)28-22-21-20(30-24(25)31-22)14-27-32(21)15-16-5-6-19(29-23(16)34-2)13-26-17-8-11-35-12-9-17/h5-6,14,17-18,26,33H,3-4,7-13,15H2,1-2H3,(H3,25,28,30,31)/t18-/m0/s1. The number of hydrogen-bond donors (Lipinski definition) is 4. The monoisotopic (exact) mass is 484 g/mol. The minimum absolute atomic E-state index is 0.0737. The molecule has 35 heavy (non-hydrogen) atoms. The van der Waals surface area contributed by atoms with Gasteiger partial charge in [0.25, 0.3) is 0 Å². The van der Waals surface area contributed by atoms with Crippen molar-refractivity contribution >= 4 is 22.8 Å². The van der Waals surface area contributed by atoms with Crippen LogP contribution in [0, 0.1) is 0 Å². The van der Waals surface area contributed by atoms with Crippen molar-refractivity contribution in [2.45, 2.75) is 64.2 Å². The number of nitrogens with one attached hydrogen (secondary N) is 2. The molecule has 0 saturated carbocycles. The van der Waals surface area contributed by atoms with Crippen LogP contribution in [0.25, 0.3) is 11.0 Å². The van der Waals surface area contributed by atoms with Gasteiger partial charge in [0.15, 0.2) is 5.82 Å². The number of nitrogens with zero attached hydrogens (tertiary/aromatic N) is 5. The first-order chi connectivity index (χ1) is 17.1. The Morgan fingerprint density at radius 3 is 2.80 bits per heavy atom. The van der Waals surface area contributed by atoms with Crippen LogP contribution < -0.4 is 21.1 Å². The first-order valence-electron chi connectivity index (χ1n) is 12.3. The molecule has 5 N–H and O–H groups in total. The molecule has 0 amide bonds. The van der Waals surface area contributed by atoms with E-state index in [4.69, 9.17) is 20.2 Å². The van der Waals surface area contributed by atoms with Crippen LogP contribution in [0.5, 0.6) is 5.88 Å². The average Bonchev–Trinajstić information content (AvgIpc) is 3.26. The second kappa shape index (κ2) is 12.1. The highest BCUT2D eigenvalue weighted by Crippen LogP contribution is 2.26. The third kappa shape index (κ3) is 6.36. The molecule has 190 valence electrons. The van der Waals surface area contributed by atoms with Gasteiger partial charge in [-0.2, -0.15) is 10.1 Å². The van der Waals surface area contributed by atoms with E-state index in [0.717, 1.165) is 55.7 Å². The van der Waals surface area contributed by atoms with Crippen molar-refractivity contribution in [2.75, 3.05) is 38.0 Å². The largest absolute Gasteiger partial charge is 0.481 e. The summed E-state index contributed by atoms with van der Waals surface area (Å²) >= 11 is 0. The van der Waals surface area contributed by atoms with Gasteiger partial charge in [-0.3, -0.25) is 4.68 Å². The molecule has 11 heteroatoms. The van der Waals surface area contributed by atoms with Crippen LogP contribution in [0.15, 0.2) is 18.3 Å². The molecule has 0 aromatic carbocycles. The van der Waals surface area contributed by atoms with Crippen molar-refractivity contribution in [3.05, 3.63) is 29.6 Å². The summed E-state index contributed by atoms with van der Waals surface area (Å²) in [6.45, 7) is 4.93. The molecule has 1 fully saturated rings.